The number of hydrogen-bond donors (Lipinski definition) is 1. The van der Waals surface area contributed by atoms with Crippen molar-refractivity contribution >= 4 is 11.8 Å². The van der Waals surface area contributed by atoms with Gasteiger partial charge in [-0.05, 0) is 32.9 Å². The van der Waals surface area contributed by atoms with Gasteiger partial charge in [0.15, 0.2) is 0 Å². The lowest BCUT2D eigenvalue weighted by Gasteiger charge is -2.42. The predicted octanol–water partition coefficient (Wildman–Crippen LogP) is 2.36. The van der Waals surface area contributed by atoms with Crippen molar-refractivity contribution in [2.45, 2.75) is 56.4 Å². The second-order valence-electron chi connectivity index (χ2n) is 6.46. The highest BCUT2D eigenvalue weighted by Gasteiger charge is 2.31. The zero-order valence-electron chi connectivity index (χ0n) is 12.8. The van der Waals surface area contributed by atoms with Crippen molar-refractivity contribution in [2.24, 2.45) is 0 Å². The standard InChI is InChI=1S/C15H30N2OS/c1-15(2,17-8-10-18-11-9-17)12-16-13-6-4-5-7-14(13)19-3/h13-14,16H,4-12H2,1-3H3/t13-,14-/m1/s1. The molecule has 0 bridgehead atoms. The van der Waals surface area contributed by atoms with Crippen molar-refractivity contribution in [2.75, 3.05) is 39.1 Å². The normalized spacial score (nSPS) is 30.5. The lowest BCUT2D eigenvalue weighted by Crippen LogP contribution is -2.57. The van der Waals surface area contributed by atoms with Crippen molar-refractivity contribution < 1.29 is 4.74 Å². The number of thioether (sulfide) groups is 1. The molecule has 2 aliphatic rings. The van der Waals surface area contributed by atoms with Gasteiger partial charge in [-0.3, -0.25) is 4.90 Å². The summed E-state index contributed by atoms with van der Waals surface area (Å²) in [6.07, 6.45) is 7.81. The molecule has 1 N–H and O–H groups in total. The van der Waals surface area contributed by atoms with Crippen LogP contribution < -0.4 is 5.32 Å². The zero-order chi connectivity index (χ0) is 13.7. The molecule has 2 atom stereocenters. The van der Waals surface area contributed by atoms with Crippen LogP contribution in [-0.4, -0.2) is 60.8 Å². The van der Waals surface area contributed by atoms with Crippen LogP contribution in [0.15, 0.2) is 0 Å². The first-order chi connectivity index (χ1) is 9.13. The molecule has 3 nitrogen and oxygen atoms in total. The molecule has 0 aromatic heterocycles. The first-order valence-electron chi connectivity index (χ1n) is 7.72. The number of hydrogen-bond acceptors (Lipinski definition) is 4. The Morgan fingerprint density at radius 3 is 2.58 bits per heavy atom. The molecule has 19 heavy (non-hydrogen) atoms. The average molecular weight is 286 g/mol. The summed E-state index contributed by atoms with van der Waals surface area (Å²) in [5.74, 6) is 0. The molecule has 0 aromatic carbocycles. The van der Waals surface area contributed by atoms with Crippen molar-refractivity contribution in [3.8, 4) is 0 Å². The Labute approximate surface area is 122 Å². The summed E-state index contributed by atoms with van der Waals surface area (Å²) in [7, 11) is 0. The minimum absolute atomic E-state index is 0.240. The summed E-state index contributed by atoms with van der Waals surface area (Å²) in [5, 5.41) is 4.67. The summed E-state index contributed by atoms with van der Waals surface area (Å²) < 4.78 is 5.46. The van der Waals surface area contributed by atoms with E-state index >= 15 is 0 Å². The number of morpholine rings is 1. The van der Waals surface area contributed by atoms with E-state index in [4.69, 9.17) is 4.74 Å². The summed E-state index contributed by atoms with van der Waals surface area (Å²) >= 11 is 2.04. The molecule has 0 amide bonds. The van der Waals surface area contributed by atoms with E-state index < -0.39 is 0 Å². The third-order valence-corrected chi connectivity index (χ3v) is 5.84. The van der Waals surface area contributed by atoms with E-state index in [2.05, 4.69) is 30.3 Å². The number of nitrogens with one attached hydrogen (secondary N) is 1. The monoisotopic (exact) mass is 286 g/mol. The summed E-state index contributed by atoms with van der Waals surface area (Å²) in [6.45, 7) is 9.75. The maximum atomic E-state index is 5.46. The van der Waals surface area contributed by atoms with Gasteiger partial charge in [-0.25, -0.2) is 0 Å². The van der Waals surface area contributed by atoms with E-state index in [-0.39, 0.29) is 5.54 Å². The smallest absolute Gasteiger partial charge is 0.0594 e. The molecule has 0 aromatic rings. The Kier molecular flexibility index (Phi) is 6.00. The third kappa shape index (κ3) is 4.35. The van der Waals surface area contributed by atoms with Crippen LogP contribution in [0.3, 0.4) is 0 Å². The van der Waals surface area contributed by atoms with Gasteiger partial charge in [0.25, 0.3) is 0 Å². The largest absolute Gasteiger partial charge is 0.379 e. The Morgan fingerprint density at radius 1 is 1.21 bits per heavy atom. The van der Waals surface area contributed by atoms with Crippen molar-refractivity contribution in [3.05, 3.63) is 0 Å². The molecular formula is C15H30N2OS. The van der Waals surface area contributed by atoms with Gasteiger partial charge in [0.2, 0.25) is 0 Å². The Morgan fingerprint density at radius 2 is 1.89 bits per heavy atom. The van der Waals surface area contributed by atoms with Crippen molar-refractivity contribution in [1.82, 2.24) is 10.2 Å². The molecule has 1 saturated heterocycles. The highest BCUT2D eigenvalue weighted by molar-refractivity contribution is 7.99. The lowest BCUT2D eigenvalue weighted by atomic mass is 9.93. The molecule has 1 heterocycles. The average Bonchev–Trinajstić information content (AvgIpc) is 2.46. The van der Waals surface area contributed by atoms with E-state index in [1.54, 1.807) is 0 Å². The SMILES string of the molecule is CS[C@@H]1CCCC[C@H]1NCC(C)(C)N1CCOCC1. The van der Waals surface area contributed by atoms with E-state index in [0.29, 0.717) is 6.04 Å². The second-order valence-corrected chi connectivity index (χ2v) is 7.53. The minimum atomic E-state index is 0.240. The molecule has 1 aliphatic heterocycles. The molecule has 2 fully saturated rings. The molecule has 0 spiro atoms. The van der Waals surface area contributed by atoms with Gasteiger partial charge < -0.3 is 10.1 Å². The third-order valence-electron chi connectivity index (χ3n) is 4.67. The first kappa shape index (κ1) is 15.6. The van der Waals surface area contributed by atoms with Crippen LogP contribution in [0.5, 0.6) is 0 Å². The summed E-state index contributed by atoms with van der Waals surface area (Å²) in [6, 6.07) is 0.712. The fourth-order valence-electron chi connectivity index (χ4n) is 3.27. The molecule has 1 aliphatic carbocycles. The number of ether oxygens (including phenoxy) is 1. The molecule has 112 valence electrons. The van der Waals surface area contributed by atoms with Crippen LogP contribution in [0.4, 0.5) is 0 Å². The van der Waals surface area contributed by atoms with Gasteiger partial charge in [-0.1, -0.05) is 12.8 Å². The number of rotatable bonds is 5. The van der Waals surface area contributed by atoms with Crippen LogP contribution in [0.1, 0.15) is 39.5 Å². The topological polar surface area (TPSA) is 24.5 Å². The van der Waals surface area contributed by atoms with Gasteiger partial charge in [-0.2, -0.15) is 11.8 Å². The fraction of sp³-hybridized carbons (Fsp3) is 1.00. The van der Waals surface area contributed by atoms with Crippen LogP contribution in [0, 0.1) is 0 Å². The number of nitrogens with zero attached hydrogens (tertiary/aromatic N) is 1. The zero-order valence-corrected chi connectivity index (χ0v) is 13.6. The molecule has 0 unspecified atom stereocenters. The molecule has 2 rings (SSSR count). The van der Waals surface area contributed by atoms with Crippen LogP contribution in [0.25, 0.3) is 0 Å². The Balaban J connectivity index is 1.81. The Hall–Kier alpha value is 0.230. The van der Waals surface area contributed by atoms with Gasteiger partial charge in [-0.15, -0.1) is 0 Å². The van der Waals surface area contributed by atoms with Crippen LogP contribution in [0.2, 0.25) is 0 Å². The van der Waals surface area contributed by atoms with E-state index in [1.807, 2.05) is 11.8 Å². The van der Waals surface area contributed by atoms with Gasteiger partial charge in [0.1, 0.15) is 0 Å². The van der Waals surface area contributed by atoms with E-state index in [0.717, 1.165) is 38.1 Å². The van der Waals surface area contributed by atoms with Gasteiger partial charge in [0.05, 0.1) is 13.2 Å². The lowest BCUT2D eigenvalue weighted by molar-refractivity contribution is -0.0106. The highest BCUT2D eigenvalue weighted by atomic mass is 32.2. The predicted molar refractivity (Wildman–Crippen MR) is 84.0 cm³/mol. The quantitative estimate of drug-likeness (QED) is 0.838. The van der Waals surface area contributed by atoms with E-state index in [9.17, 15) is 0 Å². The minimum Gasteiger partial charge on any atom is -0.379 e. The summed E-state index contributed by atoms with van der Waals surface area (Å²) in [4.78, 5) is 2.57. The summed E-state index contributed by atoms with van der Waals surface area (Å²) in [5.41, 5.74) is 0.240. The fourth-order valence-corrected chi connectivity index (χ4v) is 4.24. The van der Waals surface area contributed by atoms with E-state index in [1.165, 1.54) is 25.7 Å². The van der Waals surface area contributed by atoms with Crippen LogP contribution >= 0.6 is 11.8 Å². The molecule has 0 radical (unpaired) electrons. The second kappa shape index (κ2) is 7.30. The van der Waals surface area contributed by atoms with Crippen molar-refractivity contribution in [3.63, 3.8) is 0 Å². The van der Waals surface area contributed by atoms with Crippen LogP contribution in [-0.2, 0) is 4.74 Å². The van der Waals surface area contributed by atoms with Gasteiger partial charge >= 0.3 is 0 Å². The molecule has 4 heteroatoms. The molecular weight excluding hydrogens is 256 g/mol. The van der Waals surface area contributed by atoms with Gasteiger partial charge in [0, 0.05) is 36.5 Å². The maximum Gasteiger partial charge on any atom is 0.0594 e. The first-order valence-corrected chi connectivity index (χ1v) is 9.01. The highest BCUT2D eigenvalue weighted by Crippen LogP contribution is 2.27. The molecule has 1 saturated carbocycles. The maximum absolute atomic E-state index is 5.46. The van der Waals surface area contributed by atoms with Crippen molar-refractivity contribution in [1.29, 1.82) is 0 Å². The Bertz CT molecular complexity index is 267.